The first kappa shape index (κ1) is 16.2. The van der Waals surface area contributed by atoms with Crippen molar-refractivity contribution in [2.24, 2.45) is 5.92 Å². The first-order chi connectivity index (χ1) is 8.45. The van der Waals surface area contributed by atoms with Gasteiger partial charge in [-0.2, -0.15) is 0 Å². The molecule has 0 bridgehead atoms. The van der Waals surface area contributed by atoms with Gasteiger partial charge in [0.25, 0.3) is 0 Å². The molecule has 1 aromatic carbocycles. The van der Waals surface area contributed by atoms with Crippen molar-refractivity contribution >= 4 is 31.9 Å². The molecule has 1 atom stereocenters. The highest BCUT2D eigenvalue weighted by Gasteiger charge is 2.16. The topological polar surface area (TPSA) is 12.0 Å². The van der Waals surface area contributed by atoms with Crippen LogP contribution in [0, 0.1) is 12.8 Å². The Morgan fingerprint density at radius 1 is 1.17 bits per heavy atom. The van der Waals surface area contributed by atoms with E-state index < -0.39 is 0 Å². The van der Waals surface area contributed by atoms with E-state index in [0.29, 0.717) is 12.0 Å². The molecule has 0 aromatic heterocycles. The van der Waals surface area contributed by atoms with E-state index in [1.165, 1.54) is 26.5 Å². The van der Waals surface area contributed by atoms with Crippen molar-refractivity contribution in [2.75, 3.05) is 6.54 Å². The van der Waals surface area contributed by atoms with Crippen molar-refractivity contribution < 1.29 is 0 Å². The molecule has 0 fully saturated rings. The molecule has 1 unspecified atom stereocenters. The van der Waals surface area contributed by atoms with Gasteiger partial charge in [0.2, 0.25) is 0 Å². The lowest BCUT2D eigenvalue weighted by atomic mass is 9.96. The number of hydrogen-bond acceptors (Lipinski definition) is 1. The zero-order valence-corrected chi connectivity index (χ0v) is 14.9. The second-order valence-electron chi connectivity index (χ2n) is 5.26. The molecule has 1 aromatic rings. The Hall–Kier alpha value is 0.140. The first-order valence-corrected chi connectivity index (χ1v) is 8.23. The average molecular weight is 377 g/mol. The molecule has 0 spiro atoms. The molecule has 1 rings (SSSR count). The summed E-state index contributed by atoms with van der Waals surface area (Å²) in [5.74, 6) is 0.686. The number of aryl methyl sites for hydroxylation is 1. The zero-order valence-electron chi connectivity index (χ0n) is 11.7. The highest BCUT2D eigenvalue weighted by molar-refractivity contribution is 9.11. The van der Waals surface area contributed by atoms with Crippen molar-refractivity contribution in [1.29, 1.82) is 0 Å². The lowest BCUT2D eigenvalue weighted by Gasteiger charge is -2.23. The SMILES string of the molecule is CCCNC(CC(C)C)c1cc(Br)c(C)cc1Br. The number of rotatable bonds is 6. The van der Waals surface area contributed by atoms with E-state index in [1.807, 2.05) is 0 Å². The van der Waals surface area contributed by atoms with Crippen LogP contribution >= 0.6 is 31.9 Å². The van der Waals surface area contributed by atoms with Crippen LogP contribution in [0.2, 0.25) is 0 Å². The third-order valence-corrected chi connectivity index (χ3v) is 4.54. The summed E-state index contributed by atoms with van der Waals surface area (Å²) in [5, 5.41) is 3.65. The quantitative estimate of drug-likeness (QED) is 0.680. The normalized spacial score (nSPS) is 13.1. The summed E-state index contributed by atoms with van der Waals surface area (Å²) in [5.41, 5.74) is 2.62. The smallest absolute Gasteiger partial charge is 0.0334 e. The molecule has 0 aliphatic heterocycles. The first-order valence-electron chi connectivity index (χ1n) is 6.64. The monoisotopic (exact) mass is 375 g/mol. The van der Waals surface area contributed by atoms with Crippen molar-refractivity contribution in [3.63, 3.8) is 0 Å². The summed E-state index contributed by atoms with van der Waals surface area (Å²) in [7, 11) is 0. The van der Waals surface area contributed by atoms with Crippen molar-refractivity contribution in [3.05, 3.63) is 32.2 Å². The van der Waals surface area contributed by atoms with Gasteiger partial charge in [-0.25, -0.2) is 0 Å². The number of benzene rings is 1. The van der Waals surface area contributed by atoms with Crippen molar-refractivity contribution in [2.45, 2.75) is 46.6 Å². The Kier molecular flexibility index (Phi) is 6.89. The van der Waals surface area contributed by atoms with Gasteiger partial charge in [-0.3, -0.25) is 0 Å². The van der Waals surface area contributed by atoms with E-state index in [0.717, 1.165) is 13.0 Å². The molecule has 0 aliphatic carbocycles. The predicted molar refractivity (Wildman–Crippen MR) is 87.1 cm³/mol. The Labute approximate surface area is 128 Å². The second kappa shape index (κ2) is 7.66. The van der Waals surface area contributed by atoms with Crippen LogP contribution in [0.15, 0.2) is 21.1 Å². The summed E-state index contributed by atoms with van der Waals surface area (Å²) in [6.07, 6.45) is 2.33. The lowest BCUT2D eigenvalue weighted by molar-refractivity contribution is 0.429. The minimum atomic E-state index is 0.427. The largest absolute Gasteiger partial charge is 0.310 e. The standard InChI is InChI=1S/C15H23Br2N/c1-5-6-18-15(7-10(2)3)12-9-13(16)11(4)8-14(12)17/h8-10,15,18H,5-7H2,1-4H3. The Morgan fingerprint density at radius 2 is 1.83 bits per heavy atom. The molecule has 3 heteroatoms. The fourth-order valence-electron chi connectivity index (χ4n) is 2.04. The van der Waals surface area contributed by atoms with Gasteiger partial charge in [-0.1, -0.05) is 52.6 Å². The molecule has 0 amide bonds. The number of nitrogens with one attached hydrogen (secondary N) is 1. The van der Waals surface area contributed by atoms with Gasteiger partial charge in [-0.15, -0.1) is 0 Å². The fraction of sp³-hybridized carbons (Fsp3) is 0.600. The molecule has 0 aliphatic rings. The summed E-state index contributed by atoms with van der Waals surface area (Å²) in [6, 6.07) is 4.87. The minimum absolute atomic E-state index is 0.427. The Morgan fingerprint density at radius 3 is 2.39 bits per heavy atom. The van der Waals surface area contributed by atoms with E-state index in [9.17, 15) is 0 Å². The second-order valence-corrected chi connectivity index (χ2v) is 6.97. The number of hydrogen-bond donors (Lipinski definition) is 1. The average Bonchev–Trinajstić information content (AvgIpc) is 2.29. The highest BCUT2D eigenvalue weighted by atomic mass is 79.9. The Balaban J connectivity index is 2.99. The third kappa shape index (κ3) is 4.67. The maximum Gasteiger partial charge on any atom is 0.0334 e. The van der Waals surface area contributed by atoms with Gasteiger partial charge >= 0.3 is 0 Å². The van der Waals surface area contributed by atoms with E-state index in [-0.39, 0.29) is 0 Å². The van der Waals surface area contributed by atoms with Crippen LogP contribution in [0.25, 0.3) is 0 Å². The van der Waals surface area contributed by atoms with Gasteiger partial charge < -0.3 is 5.32 Å². The van der Waals surface area contributed by atoms with Crippen LogP contribution in [-0.4, -0.2) is 6.54 Å². The molecule has 0 heterocycles. The summed E-state index contributed by atoms with van der Waals surface area (Å²) >= 11 is 7.34. The summed E-state index contributed by atoms with van der Waals surface area (Å²) in [6.45, 7) is 9.94. The maximum atomic E-state index is 3.70. The molecular weight excluding hydrogens is 354 g/mol. The summed E-state index contributed by atoms with van der Waals surface area (Å²) in [4.78, 5) is 0. The predicted octanol–water partition coefficient (Wildman–Crippen LogP) is 5.61. The van der Waals surface area contributed by atoms with Gasteiger partial charge in [0, 0.05) is 15.0 Å². The van der Waals surface area contributed by atoms with E-state index in [2.05, 4.69) is 77.0 Å². The number of halogens is 2. The van der Waals surface area contributed by atoms with Gasteiger partial charge in [0.05, 0.1) is 0 Å². The van der Waals surface area contributed by atoms with Gasteiger partial charge in [-0.05, 0) is 55.5 Å². The molecule has 0 saturated heterocycles. The highest BCUT2D eigenvalue weighted by Crippen LogP contribution is 2.32. The molecule has 1 nitrogen and oxygen atoms in total. The van der Waals surface area contributed by atoms with Crippen LogP contribution in [0.1, 0.15) is 50.8 Å². The van der Waals surface area contributed by atoms with Crippen LogP contribution < -0.4 is 5.32 Å². The maximum absolute atomic E-state index is 3.70. The molecule has 102 valence electrons. The van der Waals surface area contributed by atoms with Crippen LogP contribution in [-0.2, 0) is 0 Å². The van der Waals surface area contributed by atoms with Crippen LogP contribution in [0.5, 0.6) is 0 Å². The lowest BCUT2D eigenvalue weighted by Crippen LogP contribution is -2.24. The van der Waals surface area contributed by atoms with E-state index >= 15 is 0 Å². The molecule has 0 radical (unpaired) electrons. The van der Waals surface area contributed by atoms with E-state index in [1.54, 1.807) is 0 Å². The molecule has 18 heavy (non-hydrogen) atoms. The fourth-order valence-corrected chi connectivity index (χ4v) is 3.13. The minimum Gasteiger partial charge on any atom is -0.310 e. The summed E-state index contributed by atoms with van der Waals surface area (Å²) < 4.78 is 2.39. The molecular formula is C15H23Br2N. The van der Waals surface area contributed by atoms with Crippen molar-refractivity contribution in [3.8, 4) is 0 Å². The molecule has 1 N–H and O–H groups in total. The van der Waals surface area contributed by atoms with Crippen molar-refractivity contribution in [1.82, 2.24) is 5.32 Å². The van der Waals surface area contributed by atoms with Gasteiger partial charge in [0.15, 0.2) is 0 Å². The molecule has 0 saturated carbocycles. The zero-order chi connectivity index (χ0) is 13.7. The third-order valence-electron chi connectivity index (χ3n) is 3.00. The Bertz CT molecular complexity index is 388. The van der Waals surface area contributed by atoms with Gasteiger partial charge in [0.1, 0.15) is 0 Å². The van der Waals surface area contributed by atoms with Crippen LogP contribution in [0.4, 0.5) is 0 Å². The van der Waals surface area contributed by atoms with Crippen LogP contribution in [0.3, 0.4) is 0 Å². The van der Waals surface area contributed by atoms with E-state index in [4.69, 9.17) is 0 Å².